The number of pyridine rings is 2. The molecule has 0 bridgehead atoms. The van der Waals surface area contributed by atoms with Crippen molar-refractivity contribution in [2.24, 2.45) is 0 Å². The zero-order chi connectivity index (χ0) is 26.3. The number of anilines is 1. The van der Waals surface area contributed by atoms with Gasteiger partial charge in [-0.25, -0.2) is 9.67 Å². The Balaban J connectivity index is 1.59. The number of carbonyl (C=O) groups excluding carboxylic acids is 1. The lowest BCUT2D eigenvalue weighted by Gasteiger charge is -2.15. The lowest BCUT2D eigenvalue weighted by Crippen LogP contribution is -2.21. The summed E-state index contributed by atoms with van der Waals surface area (Å²) in [4.78, 5) is 33.2. The molecule has 2 N–H and O–H groups in total. The lowest BCUT2D eigenvalue weighted by atomic mass is 10.1. The first-order valence-electron chi connectivity index (χ1n) is 10.6. The van der Waals surface area contributed by atoms with E-state index >= 15 is 0 Å². The van der Waals surface area contributed by atoms with Gasteiger partial charge in [-0.2, -0.15) is 28.5 Å². The van der Waals surface area contributed by atoms with Crippen LogP contribution >= 0.6 is 0 Å². The van der Waals surface area contributed by atoms with Gasteiger partial charge in [-0.05, 0) is 31.2 Å². The average Bonchev–Trinajstić information content (AvgIpc) is 3.55. The summed E-state index contributed by atoms with van der Waals surface area (Å²) >= 11 is 0. The van der Waals surface area contributed by atoms with Crippen LogP contribution in [0, 0.1) is 19.3 Å². The normalized spacial score (nSPS) is 11.4. The first-order chi connectivity index (χ1) is 17.7. The zero-order valence-corrected chi connectivity index (χ0v) is 18.9. The molecule has 0 fully saturated rings. The highest BCUT2D eigenvalue weighted by Crippen LogP contribution is 2.35. The summed E-state index contributed by atoms with van der Waals surface area (Å²) in [5, 5.41) is 14.6. The molecular formula is C24H15F3N8O2. The van der Waals surface area contributed by atoms with Gasteiger partial charge in [0, 0.05) is 17.0 Å². The number of amides is 1. The molecule has 5 rings (SSSR count). The monoisotopic (exact) mass is 504 g/mol. The summed E-state index contributed by atoms with van der Waals surface area (Å²) in [6, 6.07) is 7.14. The number of halogens is 3. The molecule has 1 amide bonds. The van der Waals surface area contributed by atoms with Crippen molar-refractivity contribution in [3.05, 3.63) is 88.0 Å². The maximum absolute atomic E-state index is 14.3. The molecule has 0 aliphatic rings. The Morgan fingerprint density at radius 3 is 2.59 bits per heavy atom. The second kappa shape index (κ2) is 8.76. The molecule has 0 saturated heterocycles. The Morgan fingerprint density at radius 1 is 1.14 bits per heavy atom. The highest BCUT2D eigenvalue weighted by atomic mass is 19.4. The number of hydrogen-bond donors (Lipinski definition) is 2. The summed E-state index contributed by atoms with van der Waals surface area (Å²) in [7, 11) is 0. The first kappa shape index (κ1) is 23.5. The van der Waals surface area contributed by atoms with E-state index in [0.717, 1.165) is 6.20 Å². The number of benzene rings is 1. The second-order valence-corrected chi connectivity index (χ2v) is 7.77. The number of hydrogen-bond acceptors (Lipinski definition) is 6. The summed E-state index contributed by atoms with van der Waals surface area (Å²) in [6.45, 7) is 1.55. The van der Waals surface area contributed by atoms with Crippen molar-refractivity contribution in [2.45, 2.75) is 13.1 Å². The van der Waals surface area contributed by atoms with Gasteiger partial charge in [-0.15, -0.1) is 11.2 Å². The summed E-state index contributed by atoms with van der Waals surface area (Å²) < 4.78 is 43.3. The smallest absolute Gasteiger partial charge is 0.329 e. The molecule has 4 heterocycles. The molecule has 1 aromatic carbocycles. The molecule has 184 valence electrons. The number of terminal acetylenes is 1. The molecule has 37 heavy (non-hydrogen) atoms. The molecule has 0 radical (unpaired) electrons. The topological polar surface area (TPSA) is 123 Å². The minimum absolute atomic E-state index is 0.0153. The summed E-state index contributed by atoms with van der Waals surface area (Å²) in [5.41, 5.74) is -1.94. The fraction of sp³-hybridized carbons (Fsp3) is 0.0833. The minimum Gasteiger partial charge on any atom is -0.329 e. The average molecular weight is 504 g/mol. The number of fused-ring (bicyclic) bond motifs is 1. The van der Waals surface area contributed by atoms with E-state index in [0.29, 0.717) is 4.68 Å². The van der Waals surface area contributed by atoms with Gasteiger partial charge in [-0.3, -0.25) is 9.59 Å². The maximum Gasteiger partial charge on any atom is 0.434 e. The number of aromatic nitrogens is 7. The van der Waals surface area contributed by atoms with Crippen LogP contribution < -0.4 is 10.9 Å². The Kier molecular flexibility index (Phi) is 5.56. The van der Waals surface area contributed by atoms with Crippen molar-refractivity contribution in [3.8, 4) is 23.8 Å². The number of rotatable bonds is 4. The lowest BCUT2D eigenvalue weighted by molar-refractivity contribution is -0.143. The number of nitrogens with zero attached hydrogens (tertiary/aromatic N) is 6. The van der Waals surface area contributed by atoms with Crippen molar-refractivity contribution in [2.75, 3.05) is 5.32 Å². The number of carbonyl (C=O) groups is 1. The van der Waals surface area contributed by atoms with E-state index in [-0.39, 0.29) is 39.2 Å². The fourth-order valence-corrected chi connectivity index (χ4v) is 3.85. The molecule has 0 unspecified atom stereocenters. The largest absolute Gasteiger partial charge is 0.434 e. The third-order valence-electron chi connectivity index (χ3n) is 5.51. The van der Waals surface area contributed by atoms with Gasteiger partial charge in [-0.1, -0.05) is 12.0 Å². The number of alkyl halides is 3. The van der Waals surface area contributed by atoms with Crippen molar-refractivity contribution in [3.63, 3.8) is 0 Å². The van der Waals surface area contributed by atoms with Gasteiger partial charge in [0.2, 0.25) is 0 Å². The van der Waals surface area contributed by atoms with Gasteiger partial charge < -0.3 is 10.3 Å². The van der Waals surface area contributed by atoms with Gasteiger partial charge in [0.25, 0.3) is 11.5 Å². The summed E-state index contributed by atoms with van der Waals surface area (Å²) in [6.07, 6.45) is 5.59. The molecule has 0 atom stereocenters. The molecule has 4 aromatic heterocycles. The third kappa shape index (κ3) is 4.10. The SMILES string of the molecule is C#Cc1cc(NC(=O)c2cnn(-c3cccc4c(=O)[nH]ccc34)c2C(F)(F)F)c(C)nc1-n1nccn1. The molecule has 13 heteroatoms. The molecule has 0 aliphatic heterocycles. The molecule has 0 saturated carbocycles. The predicted octanol–water partition coefficient (Wildman–Crippen LogP) is 3.25. The van der Waals surface area contributed by atoms with E-state index in [2.05, 4.69) is 36.5 Å². The Hall–Kier alpha value is -5.25. The van der Waals surface area contributed by atoms with E-state index < -0.39 is 28.9 Å². The van der Waals surface area contributed by atoms with E-state index in [1.165, 1.54) is 53.7 Å². The molecule has 10 nitrogen and oxygen atoms in total. The van der Waals surface area contributed by atoms with Crippen molar-refractivity contribution in [1.29, 1.82) is 0 Å². The highest BCUT2D eigenvalue weighted by Gasteiger charge is 2.41. The standard InChI is InChI=1S/C24H15F3N8O2/c1-3-14-11-18(13(2)32-21(14)35-29-9-10-30-35)33-23(37)17-12-31-34(20(17)24(25,26)27)19-6-4-5-16-15(19)7-8-28-22(16)36/h1,4-12H,2H3,(H,28,36)(H,33,37). The molecule has 0 spiro atoms. The first-order valence-corrected chi connectivity index (χ1v) is 10.6. The van der Waals surface area contributed by atoms with Crippen LogP contribution in [-0.2, 0) is 6.18 Å². The van der Waals surface area contributed by atoms with Crippen LogP contribution in [0.25, 0.3) is 22.3 Å². The Labute approximate surface area is 205 Å². The quantitative estimate of drug-likeness (QED) is 0.362. The number of aromatic amines is 1. The van der Waals surface area contributed by atoms with Crippen LogP contribution in [0.5, 0.6) is 0 Å². The summed E-state index contributed by atoms with van der Waals surface area (Å²) in [5.74, 6) is 1.55. The van der Waals surface area contributed by atoms with Crippen LogP contribution in [0.4, 0.5) is 18.9 Å². The van der Waals surface area contributed by atoms with E-state index in [1.54, 1.807) is 6.92 Å². The number of H-pyrrole nitrogens is 1. The minimum atomic E-state index is -4.96. The van der Waals surface area contributed by atoms with Crippen molar-refractivity contribution < 1.29 is 18.0 Å². The number of aryl methyl sites for hydroxylation is 1. The Morgan fingerprint density at radius 2 is 1.89 bits per heavy atom. The van der Waals surface area contributed by atoms with E-state index in [4.69, 9.17) is 6.42 Å². The van der Waals surface area contributed by atoms with Crippen molar-refractivity contribution in [1.82, 2.24) is 34.7 Å². The van der Waals surface area contributed by atoms with Gasteiger partial charge in [0.15, 0.2) is 11.5 Å². The second-order valence-electron chi connectivity index (χ2n) is 7.77. The third-order valence-corrected chi connectivity index (χ3v) is 5.51. The van der Waals surface area contributed by atoms with Gasteiger partial charge in [0.05, 0.1) is 46.8 Å². The van der Waals surface area contributed by atoms with E-state index in [1.807, 2.05) is 0 Å². The molecule has 5 aromatic rings. The van der Waals surface area contributed by atoms with Crippen molar-refractivity contribution >= 4 is 22.4 Å². The zero-order valence-electron chi connectivity index (χ0n) is 18.9. The highest BCUT2D eigenvalue weighted by molar-refractivity contribution is 6.05. The Bertz CT molecular complexity index is 1760. The number of nitrogens with one attached hydrogen (secondary N) is 2. The van der Waals surface area contributed by atoms with E-state index in [9.17, 15) is 22.8 Å². The molecule has 0 aliphatic carbocycles. The van der Waals surface area contributed by atoms with Crippen LogP contribution in [-0.4, -0.2) is 40.6 Å². The van der Waals surface area contributed by atoms with Crippen LogP contribution in [0.15, 0.2) is 59.9 Å². The maximum atomic E-state index is 14.3. The molecular weight excluding hydrogens is 489 g/mol. The fourth-order valence-electron chi connectivity index (χ4n) is 3.85. The van der Waals surface area contributed by atoms with Crippen LogP contribution in [0.2, 0.25) is 0 Å². The van der Waals surface area contributed by atoms with Gasteiger partial charge >= 0.3 is 6.18 Å². The van der Waals surface area contributed by atoms with Gasteiger partial charge in [0.1, 0.15) is 0 Å². The predicted molar refractivity (Wildman–Crippen MR) is 126 cm³/mol. The van der Waals surface area contributed by atoms with Crippen LogP contribution in [0.3, 0.4) is 0 Å². The van der Waals surface area contributed by atoms with Crippen LogP contribution in [0.1, 0.15) is 27.3 Å².